The molecule has 2 aliphatic carbocycles. The predicted molar refractivity (Wildman–Crippen MR) is 81.1 cm³/mol. The molecule has 0 radical (unpaired) electrons. The Labute approximate surface area is 119 Å². The first-order valence-electron chi connectivity index (χ1n) is 8.77. The molecule has 110 valence electrons. The Bertz CT molecular complexity index is 275. The average Bonchev–Trinajstić information content (AvgIpc) is 2.43. The monoisotopic (exact) mass is 264 g/mol. The maximum absolute atomic E-state index is 12.2. The van der Waals surface area contributed by atoms with Crippen LogP contribution in [0.3, 0.4) is 0 Å². The normalized spacial score (nSPS) is 36.4. The van der Waals surface area contributed by atoms with Crippen LogP contribution in [0.25, 0.3) is 0 Å². The van der Waals surface area contributed by atoms with E-state index in [9.17, 15) is 4.79 Å². The number of carbonyl (C=O) groups is 1. The van der Waals surface area contributed by atoms with Crippen molar-refractivity contribution >= 4 is 5.78 Å². The van der Waals surface area contributed by atoms with Gasteiger partial charge < -0.3 is 0 Å². The molecule has 0 amide bonds. The lowest BCUT2D eigenvalue weighted by Crippen LogP contribution is -2.31. The number of ketones is 1. The maximum Gasteiger partial charge on any atom is 0.136 e. The molecule has 0 N–H and O–H groups in total. The zero-order chi connectivity index (χ0) is 13.7. The smallest absolute Gasteiger partial charge is 0.136 e. The summed E-state index contributed by atoms with van der Waals surface area (Å²) >= 11 is 0. The minimum absolute atomic E-state index is 0.415. The number of hydrogen-bond donors (Lipinski definition) is 0. The minimum Gasteiger partial charge on any atom is -0.299 e. The zero-order valence-electron chi connectivity index (χ0n) is 13.0. The second-order valence-corrected chi connectivity index (χ2v) is 7.06. The second-order valence-electron chi connectivity index (χ2n) is 7.06. The second kappa shape index (κ2) is 7.45. The fraction of sp³-hybridized carbons (Fsp3) is 0.944. The van der Waals surface area contributed by atoms with Gasteiger partial charge in [-0.1, -0.05) is 46.0 Å². The van der Waals surface area contributed by atoms with Crippen LogP contribution in [-0.4, -0.2) is 5.78 Å². The summed E-state index contributed by atoms with van der Waals surface area (Å²) in [5.41, 5.74) is 0. The van der Waals surface area contributed by atoms with Gasteiger partial charge in [-0.05, 0) is 49.9 Å². The molecular formula is C18H32O. The molecule has 0 bridgehead atoms. The van der Waals surface area contributed by atoms with Crippen molar-refractivity contribution in [1.82, 2.24) is 0 Å². The first kappa shape index (κ1) is 15.1. The van der Waals surface area contributed by atoms with Gasteiger partial charge in [-0.2, -0.15) is 0 Å². The van der Waals surface area contributed by atoms with Crippen molar-refractivity contribution < 1.29 is 4.79 Å². The molecule has 0 heterocycles. The number of Topliss-reactive ketones (excluding diaryl/α,β-unsaturated/α-hetero) is 1. The average molecular weight is 264 g/mol. The Balaban J connectivity index is 1.77. The van der Waals surface area contributed by atoms with Gasteiger partial charge in [0.1, 0.15) is 5.78 Å². The Kier molecular flexibility index (Phi) is 5.91. The van der Waals surface area contributed by atoms with Gasteiger partial charge in [-0.25, -0.2) is 0 Å². The predicted octanol–water partition coefficient (Wildman–Crippen LogP) is 5.38. The first-order chi connectivity index (χ1) is 9.24. The van der Waals surface area contributed by atoms with Gasteiger partial charge in [-0.15, -0.1) is 0 Å². The van der Waals surface area contributed by atoms with E-state index in [2.05, 4.69) is 13.8 Å². The van der Waals surface area contributed by atoms with E-state index in [0.717, 1.165) is 30.6 Å². The van der Waals surface area contributed by atoms with Gasteiger partial charge in [0.2, 0.25) is 0 Å². The highest BCUT2D eigenvalue weighted by Gasteiger charge is 2.34. The van der Waals surface area contributed by atoms with Gasteiger partial charge in [-0.3, -0.25) is 4.79 Å². The van der Waals surface area contributed by atoms with E-state index in [0.29, 0.717) is 11.7 Å². The third kappa shape index (κ3) is 4.07. The maximum atomic E-state index is 12.2. The zero-order valence-corrected chi connectivity index (χ0v) is 13.0. The van der Waals surface area contributed by atoms with Crippen LogP contribution in [0.5, 0.6) is 0 Å². The fourth-order valence-corrected chi connectivity index (χ4v) is 4.52. The molecule has 19 heavy (non-hydrogen) atoms. The molecule has 0 saturated heterocycles. The van der Waals surface area contributed by atoms with Crippen molar-refractivity contribution in [3.8, 4) is 0 Å². The lowest BCUT2D eigenvalue weighted by Gasteiger charge is -2.37. The van der Waals surface area contributed by atoms with Crippen molar-refractivity contribution in [3.63, 3.8) is 0 Å². The van der Waals surface area contributed by atoms with E-state index in [1.807, 2.05) is 0 Å². The van der Waals surface area contributed by atoms with E-state index >= 15 is 0 Å². The van der Waals surface area contributed by atoms with Crippen LogP contribution in [0, 0.1) is 23.7 Å². The van der Waals surface area contributed by atoms with Gasteiger partial charge >= 0.3 is 0 Å². The van der Waals surface area contributed by atoms with Crippen LogP contribution >= 0.6 is 0 Å². The molecule has 2 atom stereocenters. The van der Waals surface area contributed by atoms with Crippen molar-refractivity contribution in [3.05, 3.63) is 0 Å². The highest BCUT2D eigenvalue weighted by molar-refractivity contribution is 5.81. The third-order valence-corrected chi connectivity index (χ3v) is 5.70. The van der Waals surface area contributed by atoms with Crippen LogP contribution in [0.1, 0.15) is 84.5 Å². The summed E-state index contributed by atoms with van der Waals surface area (Å²) < 4.78 is 0. The molecule has 2 aliphatic rings. The first-order valence-corrected chi connectivity index (χ1v) is 8.77. The van der Waals surface area contributed by atoms with Gasteiger partial charge in [0.05, 0.1) is 0 Å². The SMILES string of the molecule is CCCC1CCC(C2CCC(CCC)C(=O)C2)CC1. The van der Waals surface area contributed by atoms with E-state index in [1.165, 1.54) is 57.8 Å². The van der Waals surface area contributed by atoms with E-state index in [1.54, 1.807) is 0 Å². The summed E-state index contributed by atoms with van der Waals surface area (Å²) in [5.74, 6) is 3.61. The molecule has 2 saturated carbocycles. The van der Waals surface area contributed by atoms with Crippen LogP contribution in [0.15, 0.2) is 0 Å². The number of rotatable bonds is 5. The van der Waals surface area contributed by atoms with Gasteiger partial charge in [0, 0.05) is 12.3 Å². The summed E-state index contributed by atoms with van der Waals surface area (Å²) in [6, 6.07) is 0. The molecule has 0 aromatic carbocycles. The van der Waals surface area contributed by atoms with E-state index < -0.39 is 0 Å². The Hall–Kier alpha value is -0.330. The Morgan fingerprint density at radius 3 is 2.05 bits per heavy atom. The molecule has 0 aromatic heterocycles. The fourth-order valence-electron chi connectivity index (χ4n) is 4.52. The van der Waals surface area contributed by atoms with Crippen molar-refractivity contribution in [2.45, 2.75) is 84.5 Å². The standard InChI is InChI=1S/C18H32O/c1-3-5-14-7-9-15(10-8-14)17-12-11-16(6-4-2)18(19)13-17/h14-17H,3-13H2,1-2H3. The Morgan fingerprint density at radius 1 is 0.842 bits per heavy atom. The van der Waals surface area contributed by atoms with Crippen molar-refractivity contribution in [2.75, 3.05) is 0 Å². The van der Waals surface area contributed by atoms with Crippen LogP contribution in [-0.2, 0) is 4.79 Å². The minimum atomic E-state index is 0.415. The molecule has 0 aliphatic heterocycles. The van der Waals surface area contributed by atoms with Gasteiger partial charge in [0.15, 0.2) is 0 Å². The molecule has 0 aromatic rings. The molecule has 1 heteroatoms. The van der Waals surface area contributed by atoms with E-state index in [-0.39, 0.29) is 0 Å². The Morgan fingerprint density at radius 2 is 1.47 bits per heavy atom. The summed E-state index contributed by atoms with van der Waals surface area (Å²) in [6.07, 6.45) is 14.2. The summed E-state index contributed by atoms with van der Waals surface area (Å²) in [5, 5.41) is 0. The van der Waals surface area contributed by atoms with Crippen LogP contribution in [0.4, 0.5) is 0 Å². The molecule has 2 rings (SSSR count). The third-order valence-electron chi connectivity index (χ3n) is 5.70. The number of carbonyl (C=O) groups excluding carboxylic acids is 1. The molecular weight excluding hydrogens is 232 g/mol. The van der Waals surface area contributed by atoms with Crippen molar-refractivity contribution in [2.24, 2.45) is 23.7 Å². The quantitative estimate of drug-likeness (QED) is 0.651. The van der Waals surface area contributed by atoms with Crippen LogP contribution in [0.2, 0.25) is 0 Å². The topological polar surface area (TPSA) is 17.1 Å². The van der Waals surface area contributed by atoms with Gasteiger partial charge in [0.25, 0.3) is 0 Å². The molecule has 2 unspecified atom stereocenters. The molecule has 1 nitrogen and oxygen atoms in total. The summed E-state index contributed by atoms with van der Waals surface area (Å²) in [7, 11) is 0. The molecule has 0 spiro atoms. The summed E-state index contributed by atoms with van der Waals surface area (Å²) in [4.78, 5) is 12.2. The largest absolute Gasteiger partial charge is 0.299 e. The number of hydrogen-bond acceptors (Lipinski definition) is 1. The lowest BCUT2D eigenvalue weighted by atomic mass is 9.68. The van der Waals surface area contributed by atoms with Crippen molar-refractivity contribution in [1.29, 1.82) is 0 Å². The highest BCUT2D eigenvalue weighted by atomic mass is 16.1. The summed E-state index contributed by atoms with van der Waals surface area (Å²) in [6.45, 7) is 4.51. The van der Waals surface area contributed by atoms with E-state index in [4.69, 9.17) is 0 Å². The molecule has 2 fully saturated rings. The lowest BCUT2D eigenvalue weighted by molar-refractivity contribution is -0.127. The van der Waals surface area contributed by atoms with Crippen LogP contribution < -0.4 is 0 Å². The highest BCUT2D eigenvalue weighted by Crippen LogP contribution is 2.41.